The molecule has 206 valence electrons. The number of hydrogen-bond donors (Lipinski definition) is 1. The highest BCUT2D eigenvalue weighted by atomic mass is 35.5. The molecule has 1 fully saturated rings. The minimum absolute atomic E-state index is 0.0764. The molecule has 38 heavy (non-hydrogen) atoms. The van der Waals surface area contributed by atoms with Crippen molar-refractivity contribution in [2.45, 2.75) is 32.2 Å². The van der Waals surface area contributed by atoms with E-state index >= 15 is 0 Å². The van der Waals surface area contributed by atoms with Crippen molar-refractivity contribution in [3.63, 3.8) is 0 Å². The number of rotatable bonds is 12. The first-order valence-corrected chi connectivity index (χ1v) is 14.7. The van der Waals surface area contributed by atoms with E-state index in [1.54, 1.807) is 13.2 Å². The van der Waals surface area contributed by atoms with Gasteiger partial charge in [-0.25, -0.2) is 13.4 Å². The number of pyridine rings is 1. The van der Waals surface area contributed by atoms with Crippen LogP contribution < -0.4 is 14.9 Å². The van der Waals surface area contributed by atoms with Gasteiger partial charge in [0.15, 0.2) is 5.82 Å². The number of methoxy groups -OCH3 is 1. The van der Waals surface area contributed by atoms with E-state index in [-0.39, 0.29) is 22.6 Å². The second-order valence-electron chi connectivity index (χ2n) is 10.3. The molecule has 4 rings (SSSR count). The molecule has 10 nitrogen and oxygen atoms in total. The number of nitrogens with zero attached hydrogens (tertiary/aromatic N) is 5. The van der Waals surface area contributed by atoms with Crippen LogP contribution in [-0.2, 0) is 26.7 Å². The summed E-state index contributed by atoms with van der Waals surface area (Å²) in [6.45, 7) is 5.84. The van der Waals surface area contributed by atoms with Crippen LogP contribution in [-0.4, -0.2) is 63.7 Å². The summed E-state index contributed by atoms with van der Waals surface area (Å²) in [5.74, 6) is 2.14. The van der Waals surface area contributed by atoms with Crippen LogP contribution in [0.2, 0.25) is 5.02 Å². The molecule has 1 aliphatic carbocycles. The minimum atomic E-state index is -3.65. The van der Waals surface area contributed by atoms with Crippen LogP contribution >= 0.6 is 11.6 Å². The van der Waals surface area contributed by atoms with Crippen LogP contribution in [0, 0.1) is 11.8 Å². The van der Waals surface area contributed by atoms with E-state index in [4.69, 9.17) is 26.5 Å². The van der Waals surface area contributed by atoms with Gasteiger partial charge < -0.3 is 19.8 Å². The Bertz CT molecular complexity index is 1370. The lowest BCUT2D eigenvalue weighted by Crippen LogP contribution is -2.35. The minimum Gasteiger partial charge on any atom is -0.419 e. The first-order chi connectivity index (χ1) is 17.9. The lowest BCUT2D eigenvalue weighted by Gasteiger charge is -2.26. The monoisotopic (exact) mass is 562 g/mol. The average Bonchev–Trinajstić information content (AvgIpc) is 3.33. The van der Waals surface area contributed by atoms with E-state index in [1.165, 1.54) is 7.05 Å². The predicted molar refractivity (Wildman–Crippen MR) is 149 cm³/mol. The molecule has 2 unspecified atom stereocenters. The van der Waals surface area contributed by atoms with Crippen molar-refractivity contribution >= 4 is 33.3 Å². The SMILES string of the molecule is COCCN(CC1CC1C)c1cc(-c2nnc([C@](C)(N)Cc3ccccc3)o2)c(Cl)c(N(C)S(C)(=O)=O)n1. The normalized spacial score (nSPS) is 18.7. The molecule has 3 atom stereocenters. The quantitative estimate of drug-likeness (QED) is 0.351. The van der Waals surface area contributed by atoms with Gasteiger partial charge in [0.1, 0.15) is 5.82 Å². The fourth-order valence-corrected chi connectivity index (χ4v) is 5.08. The zero-order valence-electron chi connectivity index (χ0n) is 22.4. The Hall–Kier alpha value is -2.73. The van der Waals surface area contributed by atoms with Crippen molar-refractivity contribution in [3.05, 3.63) is 52.9 Å². The number of aromatic nitrogens is 3. The zero-order chi connectivity index (χ0) is 27.7. The maximum absolute atomic E-state index is 12.5. The lowest BCUT2D eigenvalue weighted by molar-refractivity contribution is 0.204. The van der Waals surface area contributed by atoms with E-state index in [0.29, 0.717) is 42.8 Å². The molecule has 0 aliphatic heterocycles. The number of hydrogen-bond acceptors (Lipinski definition) is 9. The van der Waals surface area contributed by atoms with Crippen molar-refractivity contribution in [1.29, 1.82) is 0 Å². The third-order valence-corrected chi connectivity index (χ3v) is 8.44. The van der Waals surface area contributed by atoms with Crippen LogP contribution in [0.25, 0.3) is 11.5 Å². The molecular formula is C26H35ClN6O4S. The molecule has 0 spiro atoms. The van der Waals surface area contributed by atoms with E-state index in [9.17, 15) is 8.42 Å². The van der Waals surface area contributed by atoms with Crippen LogP contribution in [0.3, 0.4) is 0 Å². The summed E-state index contributed by atoms with van der Waals surface area (Å²) in [6.07, 6.45) is 2.71. The highest BCUT2D eigenvalue weighted by Gasteiger charge is 2.35. The fraction of sp³-hybridized carbons (Fsp3) is 0.500. The Labute approximate surface area is 229 Å². The van der Waals surface area contributed by atoms with Gasteiger partial charge in [0.25, 0.3) is 0 Å². The highest BCUT2D eigenvalue weighted by molar-refractivity contribution is 7.92. The fourth-order valence-electron chi connectivity index (χ4n) is 4.28. The van der Waals surface area contributed by atoms with Crippen molar-refractivity contribution in [2.75, 3.05) is 49.3 Å². The Balaban J connectivity index is 1.76. The largest absolute Gasteiger partial charge is 0.419 e. The second kappa shape index (κ2) is 11.2. The smallest absolute Gasteiger partial charge is 0.249 e. The molecule has 3 aromatic rings. The van der Waals surface area contributed by atoms with E-state index < -0.39 is 15.6 Å². The summed E-state index contributed by atoms with van der Waals surface area (Å²) in [7, 11) is -0.600. The molecule has 0 amide bonds. The molecule has 2 N–H and O–H groups in total. The van der Waals surface area contributed by atoms with Gasteiger partial charge >= 0.3 is 0 Å². The van der Waals surface area contributed by atoms with Crippen molar-refractivity contribution in [1.82, 2.24) is 15.2 Å². The third kappa shape index (κ3) is 6.45. The molecule has 2 heterocycles. The third-order valence-electron chi connectivity index (χ3n) is 6.90. The molecule has 1 aliphatic rings. The highest BCUT2D eigenvalue weighted by Crippen LogP contribution is 2.41. The molecule has 0 radical (unpaired) electrons. The molecule has 1 aromatic carbocycles. The first-order valence-electron chi connectivity index (χ1n) is 12.5. The number of ether oxygens (including phenoxy) is 1. The second-order valence-corrected chi connectivity index (χ2v) is 12.7. The Morgan fingerprint density at radius 1 is 1.26 bits per heavy atom. The topological polar surface area (TPSA) is 128 Å². The summed E-state index contributed by atoms with van der Waals surface area (Å²) < 4.78 is 37.3. The number of nitrogens with two attached hydrogens (primary N) is 1. The van der Waals surface area contributed by atoms with Crippen LogP contribution in [0.5, 0.6) is 0 Å². The van der Waals surface area contributed by atoms with Crippen molar-refractivity contribution in [3.8, 4) is 11.5 Å². The van der Waals surface area contributed by atoms with E-state index in [2.05, 4.69) is 27.0 Å². The molecule has 0 saturated heterocycles. The van der Waals surface area contributed by atoms with Gasteiger partial charge in [-0.15, -0.1) is 10.2 Å². The van der Waals surface area contributed by atoms with E-state index in [0.717, 1.165) is 29.1 Å². The van der Waals surface area contributed by atoms with Gasteiger partial charge in [-0.1, -0.05) is 48.9 Å². The van der Waals surface area contributed by atoms with Gasteiger partial charge in [0, 0.05) is 27.2 Å². The summed E-state index contributed by atoms with van der Waals surface area (Å²) in [5.41, 5.74) is 7.06. The zero-order valence-corrected chi connectivity index (χ0v) is 24.0. The molecule has 2 aromatic heterocycles. The van der Waals surface area contributed by atoms with Crippen molar-refractivity contribution < 1.29 is 17.6 Å². The summed E-state index contributed by atoms with van der Waals surface area (Å²) >= 11 is 6.75. The summed E-state index contributed by atoms with van der Waals surface area (Å²) in [5, 5.41) is 8.56. The van der Waals surface area contributed by atoms with E-state index in [1.807, 2.05) is 37.3 Å². The van der Waals surface area contributed by atoms with Crippen molar-refractivity contribution in [2.24, 2.45) is 17.6 Å². The number of anilines is 2. The molecule has 1 saturated carbocycles. The lowest BCUT2D eigenvalue weighted by atomic mass is 9.94. The number of benzene rings is 1. The number of halogens is 1. The van der Waals surface area contributed by atoms with Crippen LogP contribution in [0.4, 0.5) is 11.6 Å². The summed E-state index contributed by atoms with van der Waals surface area (Å²) in [4.78, 5) is 6.75. The van der Waals surface area contributed by atoms with Gasteiger partial charge in [0.2, 0.25) is 21.8 Å². The van der Waals surface area contributed by atoms with Gasteiger partial charge in [-0.05, 0) is 43.2 Å². The first kappa shape index (κ1) is 28.3. The summed E-state index contributed by atoms with van der Waals surface area (Å²) in [6, 6.07) is 11.6. The standard InChI is InChI=1S/C26H35ClN6O4S/c1-17-13-19(17)16-33(11-12-36-4)21-14-20(22(27)23(29-21)32(3)38(5,34)35)24-30-31-25(37-24)26(2,28)15-18-9-7-6-8-10-18/h6-10,14,17,19H,11-13,15-16,28H2,1-5H3/t17?,19?,26-/m1/s1. The maximum atomic E-state index is 12.5. The molecule has 12 heteroatoms. The maximum Gasteiger partial charge on any atom is 0.249 e. The number of sulfonamides is 1. The van der Waals surface area contributed by atoms with Crippen LogP contribution in [0.15, 0.2) is 40.8 Å². The predicted octanol–water partition coefficient (Wildman–Crippen LogP) is 3.71. The van der Waals surface area contributed by atoms with Crippen LogP contribution in [0.1, 0.15) is 31.7 Å². The van der Waals surface area contributed by atoms with Gasteiger partial charge in [-0.2, -0.15) is 0 Å². The average molecular weight is 563 g/mol. The Kier molecular flexibility index (Phi) is 8.32. The molecular weight excluding hydrogens is 528 g/mol. The van der Waals surface area contributed by atoms with Gasteiger partial charge in [0.05, 0.1) is 29.0 Å². The Morgan fingerprint density at radius 2 is 1.95 bits per heavy atom. The molecule has 0 bridgehead atoms. The van der Waals surface area contributed by atoms with Gasteiger partial charge in [-0.3, -0.25) is 4.31 Å². The Morgan fingerprint density at radius 3 is 2.55 bits per heavy atom.